The highest BCUT2D eigenvalue weighted by atomic mass is 35.5. The summed E-state index contributed by atoms with van der Waals surface area (Å²) in [6.45, 7) is 1.78. The van der Waals surface area contributed by atoms with Gasteiger partial charge in [-0.3, -0.25) is 0 Å². The van der Waals surface area contributed by atoms with Gasteiger partial charge in [-0.05, 0) is 32.5 Å². The minimum absolute atomic E-state index is 0.372. The van der Waals surface area contributed by atoms with Crippen LogP contribution in [0.2, 0.25) is 5.15 Å². The molecule has 2 rings (SSSR count). The molecule has 2 heterocycles. The molecular formula is C12H18ClN3O. The van der Waals surface area contributed by atoms with E-state index >= 15 is 0 Å². The maximum absolute atomic E-state index is 5.82. The fourth-order valence-corrected chi connectivity index (χ4v) is 2.31. The predicted octanol–water partition coefficient (Wildman–Crippen LogP) is 2.18. The van der Waals surface area contributed by atoms with Crippen molar-refractivity contribution in [2.75, 3.05) is 25.9 Å². The van der Waals surface area contributed by atoms with Crippen LogP contribution in [0.3, 0.4) is 0 Å². The third-order valence-electron chi connectivity index (χ3n) is 3.14. The molecule has 0 bridgehead atoms. The number of aromatic nitrogens is 1. The Bertz CT molecular complexity index is 366. The van der Waals surface area contributed by atoms with E-state index in [9.17, 15) is 0 Å². The van der Waals surface area contributed by atoms with Gasteiger partial charge < -0.3 is 15.4 Å². The number of rotatable bonds is 3. The minimum atomic E-state index is 0.372. The number of nitrogens with zero attached hydrogens (tertiary/aromatic N) is 2. The number of ether oxygens (including phenoxy) is 1. The molecule has 1 unspecified atom stereocenters. The van der Waals surface area contributed by atoms with Gasteiger partial charge in [-0.15, -0.1) is 0 Å². The van der Waals surface area contributed by atoms with Crippen molar-refractivity contribution in [1.29, 1.82) is 0 Å². The Morgan fingerprint density at radius 2 is 2.35 bits per heavy atom. The van der Waals surface area contributed by atoms with Crippen molar-refractivity contribution >= 4 is 17.3 Å². The van der Waals surface area contributed by atoms with Crippen molar-refractivity contribution in [2.45, 2.75) is 25.3 Å². The number of anilines is 1. The molecule has 0 amide bonds. The molecule has 17 heavy (non-hydrogen) atoms. The van der Waals surface area contributed by atoms with E-state index in [1.807, 2.05) is 0 Å². The normalized spacial score (nSPS) is 21.4. The monoisotopic (exact) mass is 255 g/mol. The average molecular weight is 256 g/mol. The predicted molar refractivity (Wildman–Crippen MR) is 69.4 cm³/mol. The Morgan fingerprint density at radius 1 is 1.53 bits per heavy atom. The number of nitrogens with two attached hydrogens (primary N) is 1. The molecule has 1 fully saturated rings. The van der Waals surface area contributed by atoms with Crippen LogP contribution in [0.25, 0.3) is 0 Å². The number of nitrogen functional groups attached to an aromatic ring is 1. The second-order valence-electron chi connectivity index (χ2n) is 4.50. The Labute approximate surface area is 107 Å². The summed E-state index contributed by atoms with van der Waals surface area (Å²) in [5.74, 6) is 0.508. The second kappa shape index (κ2) is 5.56. The number of halogens is 1. The van der Waals surface area contributed by atoms with Gasteiger partial charge in [0.05, 0.1) is 0 Å². The summed E-state index contributed by atoms with van der Waals surface area (Å²) in [4.78, 5) is 6.42. The van der Waals surface area contributed by atoms with Crippen LogP contribution in [-0.4, -0.2) is 36.1 Å². The molecule has 0 aliphatic carbocycles. The summed E-state index contributed by atoms with van der Waals surface area (Å²) in [7, 11) is 2.13. The zero-order chi connectivity index (χ0) is 12.3. The summed E-state index contributed by atoms with van der Waals surface area (Å²) in [5.41, 5.74) is 6.26. The highest BCUT2D eigenvalue weighted by molar-refractivity contribution is 6.29. The van der Waals surface area contributed by atoms with Crippen molar-refractivity contribution in [3.8, 4) is 5.88 Å². The first kappa shape index (κ1) is 12.5. The van der Waals surface area contributed by atoms with E-state index in [0.717, 1.165) is 6.54 Å². The minimum Gasteiger partial charge on any atom is -0.476 e. The highest BCUT2D eigenvalue weighted by Crippen LogP contribution is 2.20. The van der Waals surface area contributed by atoms with Crippen molar-refractivity contribution in [2.24, 2.45) is 0 Å². The van der Waals surface area contributed by atoms with Crippen LogP contribution in [0.4, 0.5) is 5.69 Å². The molecule has 1 aromatic rings. The van der Waals surface area contributed by atoms with Crippen molar-refractivity contribution < 1.29 is 4.74 Å². The summed E-state index contributed by atoms with van der Waals surface area (Å²) in [6, 6.07) is 3.78. The third-order valence-corrected chi connectivity index (χ3v) is 3.33. The van der Waals surface area contributed by atoms with Crippen LogP contribution < -0.4 is 10.5 Å². The lowest BCUT2D eigenvalue weighted by atomic mass is 10.0. The van der Waals surface area contributed by atoms with Gasteiger partial charge in [0.2, 0.25) is 5.88 Å². The summed E-state index contributed by atoms with van der Waals surface area (Å²) in [5, 5.41) is 0.372. The molecule has 0 saturated carbocycles. The molecule has 1 atom stereocenters. The number of hydrogen-bond donors (Lipinski definition) is 1. The van der Waals surface area contributed by atoms with Gasteiger partial charge in [0.25, 0.3) is 0 Å². The fourth-order valence-electron chi connectivity index (χ4n) is 2.10. The molecule has 5 heteroatoms. The van der Waals surface area contributed by atoms with Gasteiger partial charge >= 0.3 is 0 Å². The molecule has 1 aliphatic rings. The Balaban J connectivity index is 1.92. The third kappa shape index (κ3) is 3.48. The zero-order valence-corrected chi connectivity index (χ0v) is 10.8. The lowest BCUT2D eigenvalue weighted by Crippen LogP contribution is -2.40. The van der Waals surface area contributed by atoms with Crippen LogP contribution >= 0.6 is 11.6 Å². The lowest BCUT2D eigenvalue weighted by Gasteiger charge is -2.31. The molecule has 0 radical (unpaired) electrons. The Hall–Kier alpha value is -1.00. The molecule has 1 aliphatic heterocycles. The summed E-state index contributed by atoms with van der Waals surface area (Å²) >= 11 is 5.82. The van der Waals surface area contributed by atoms with E-state index in [0.29, 0.717) is 29.4 Å². The van der Waals surface area contributed by atoms with E-state index in [1.54, 1.807) is 12.1 Å². The molecule has 1 aromatic heterocycles. The molecule has 2 N–H and O–H groups in total. The largest absolute Gasteiger partial charge is 0.476 e. The molecular weight excluding hydrogens is 238 g/mol. The summed E-state index contributed by atoms with van der Waals surface area (Å²) in [6.07, 6.45) is 3.71. The first-order chi connectivity index (χ1) is 8.15. The smallest absolute Gasteiger partial charge is 0.216 e. The fraction of sp³-hybridized carbons (Fsp3) is 0.583. The average Bonchev–Trinajstić information content (AvgIpc) is 2.27. The van der Waals surface area contributed by atoms with Gasteiger partial charge in [0.1, 0.15) is 11.8 Å². The van der Waals surface area contributed by atoms with Gasteiger partial charge in [-0.25, -0.2) is 4.98 Å². The first-order valence-electron chi connectivity index (χ1n) is 5.91. The maximum Gasteiger partial charge on any atom is 0.216 e. The van der Waals surface area contributed by atoms with E-state index in [-0.39, 0.29) is 0 Å². The standard InChI is InChI=1S/C12H18ClN3O/c1-16-5-3-2-4-10(16)8-17-12-7-9(14)6-11(13)15-12/h6-7,10H,2-5,8H2,1H3,(H2,14,15). The molecule has 4 nitrogen and oxygen atoms in total. The molecule has 94 valence electrons. The molecule has 0 spiro atoms. The number of piperidine rings is 1. The van der Waals surface area contributed by atoms with Gasteiger partial charge in [-0.2, -0.15) is 0 Å². The second-order valence-corrected chi connectivity index (χ2v) is 4.89. The van der Waals surface area contributed by atoms with Crippen LogP contribution in [-0.2, 0) is 0 Å². The number of pyridine rings is 1. The number of hydrogen-bond acceptors (Lipinski definition) is 4. The van der Waals surface area contributed by atoms with Crippen LogP contribution in [0.15, 0.2) is 12.1 Å². The van der Waals surface area contributed by atoms with Crippen molar-refractivity contribution in [3.05, 3.63) is 17.3 Å². The first-order valence-corrected chi connectivity index (χ1v) is 6.29. The topological polar surface area (TPSA) is 51.4 Å². The lowest BCUT2D eigenvalue weighted by molar-refractivity contribution is 0.122. The van der Waals surface area contributed by atoms with E-state index in [2.05, 4.69) is 16.9 Å². The van der Waals surface area contributed by atoms with Crippen LogP contribution in [0.5, 0.6) is 5.88 Å². The number of likely N-dealkylation sites (tertiary alicyclic amines) is 1. The van der Waals surface area contributed by atoms with Gasteiger partial charge in [0.15, 0.2) is 0 Å². The zero-order valence-electron chi connectivity index (χ0n) is 10.0. The molecule has 1 saturated heterocycles. The van der Waals surface area contributed by atoms with E-state index in [1.165, 1.54) is 19.3 Å². The Morgan fingerprint density at radius 3 is 3.06 bits per heavy atom. The van der Waals surface area contributed by atoms with E-state index in [4.69, 9.17) is 22.1 Å². The maximum atomic E-state index is 5.82. The SMILES string of the molecule is CN1CCCCC1COc1cc(N)cc(Cl)n1. The van der Waals surface area contributed by atoms with Crippen LogP contribution in [0, 0.1) is 0 Å². The Kier molecular flexibility index (Phi) is 4.07. The van der Waals surface area contributed by atoms with Crippen molar-refractivity contribution in [1.82, 2.24) is 9.88 Å². The highest BCUT2D eigenvalue weighted by Gasteiger charge is 2.19. The quantitative estimate of drug-likeness (QED) is 0.842. The van der Waals surface area contributed by atoms with E-state index < -0.39 is 0 Å². The van der Waals surface area contributed by atoms with Gasteiger partial charge in [0, 0.05) is 17.8 Å². The van der Waals surface area contributed by atoms with Crippen molar-refractivity contribution in [3.63, 3.8) is 0 Å². The number of likely N-dealkylation sites (N-methyl/N-ethyl adjacent to an activating group) is 1. The van der Waals surface area contributed by atoms with Gasteiger partial charge in [-0.1, -0.05) is 18.0 Å². The summed E-state index contributed by atoms with van der Waals surface area (Å²) < 4.78 is 5.66. The van der Waals surface area contributed by atoms with Crippen LogP contribution in [0.1, 0.15) is 19.3 Å². The molecule has 0 aromatic carbocycles.